The molecule has 0 unspecified atom stereocenters. The van der Waals surface area contributed by atoms with Crippen molar-refractivity contribution in [3.8, 4) is 5.75 Å². The van der Waals surface area contributed by atoms with E-state index in [2.05, 4.69) is 5.32 Å². The smallest absolute Gasteiger partial charge is 0.254 e. The van der Waals surface area contributed by atoms with E-state index in [0.717, 1.165) is 18.5 Å². The van der Waals surface area contributed by atoms with Gasteiger partial charge in [0.25, 0.3) is 11.5 Å². The van der Waals surface area contributed by atoms with Crippen LogP contribution < -0.4 is 15.6 Å². The van der Waals surface area contributed by atoms with Crippen LogP contribution in [0, 0.1) is 6.92 Å². The van der Waals surface area contributed by atoms with Gasteiger partial charge in [0, 0.05) is 23.4 Å². The number of aromatic nitrogens is 1. The van der Waals surface area contributed by atoms with Gasteiger partial charge < -0.3 is 19.5 Å². The zero-order valence-electron chi connectivity index (χ0n) is 15.8. The molecule has 0 atom stereocenters. The van der Waals surface area contributed by atoms with Crippen LogP contribution in [0.1, 0.15) is 34.9 Å². The highest BCUT2D eigenvalue weighted by molar-refractivity contribution is 5.96. The summed E-state index contributed by atoms with van der Waals surface area (Å²) in [6.45, 7) is 2.77. The Labute approximate surface area is 162 Å². The van der Waals surface area contributed by atoms with Crippen molar-refractivity contribution in [3.63, 3.8) is 0 Å². The summed E-state index contributed by atoms with van der Waals surface area (Å²) in [7, 11) is 0. The molecule has 1 saturated carbocycles. The summed E-state index contributed by atoms with van der Waals surface area (Å²) in [5.41, 5.74) is 1.39. The lowest BCUT2D eigenvalue weighted by molar-refractivity contribution is -0.138. The second-order valence-electron chi connectivity index (χ2n) is 7.36. The average Bonchev–Trinajstić information content (AvgIpc) is 3.47. The van der Waals surface area contributed by atoms with Crippen LogP contribution in [0.2, 0.25) is 0 Å². The highest BCUT2D eigenvalue weighted by atomic mass is 16.5. The molecule has 4 rings (SSSR count). The maximum absolute atomic E-state index is 12.2. The summed E-state index contributed by atoms with van der Waals surface area (Å²) in [4.78, 5) is 38.1. The largest absolute Gasteiger partial charge is 0.486 e. The topological polar surface area (TPSA) is 80.6 Å². The number of carbonyl (C=O) groups is 2. The molecule has 2 amide bonds. The molecule has 1 N–H and O–H groups in total. The van der Waals surface area contributed by atoms with Crippen molar-refractivity contribution in [3.05, 3.63) is 64.1 Å². The van der Waals surface area contributed by atoms with E-state index in [0.29, 0.717) is 30.4 Å². The molecule has 28 heavy (non-hydrogen) atoms. The third kappa shape index (κ3) is 3.93. The normalized spacial score (nSPS) is 16.4. The van der Waals surface area contributed by atoms with Crippen LogP contribution >= 0.6 is 0 Å². The van der Waals surface area contributed by atoms with Crippen molar-refractivity contribution in [2.75, 3.05) is 19.6 Å². The molecule has 7 heteroatoms. The number of amides is 2. The minimum absolute atomic E-state index is 0.0339. The lowest BCUT2D eigenvalue weighted by Gasteiger charge is -2.39. The third-order valence-electron chi connectivity index (χ3n) is 5.09. The van der Waals surface area contributed by atoms with E-state index < -0.39 is 0 Å². The second kappa shape index (κ2) is 7.50. The minimum atomic E-state index is -0.269. The first kappa shape index (κ1) is 18.3. The first-order valence-electron chi connectivity index (χ1n) is 9.52. The monoisotopic (exact) mass is 381 g/mol. The van der Waals surface area contributed by atoms with Crippen LogP contribution in [0.4, 0.5) is 0 Å². The number of benzene rings is 1. The van der Waals surface area contributed by atoms with E-state index in [-0.39, 0.29) is 30.0 Å². The summed E-state index contributed by atoms with van der Waals surface area (Å²) in [5, 5.41) is 2.63. The zero-order chi connectivity index (χ0) is 19.7. The molecule has 2 heterocycles. The van der Waals surface area contributed by atoms with Gasteiger partial charge in [0.2, 0.25) is 5.91 Å². The van der Waals surface area contributed by atoms with Crippen LogP contribution in [0.3, 0.4) is 0 Å². The fourth-order valence-corrected chi connectivity index (χ4v) is 3.42. The Morgan fingerprint density at radius 3 is 2.50 bits per heavy atom. The highest BCUT2D eigenvalue weighted by Crippen LogP contribution is 2.35. The first-order chi connectivity index (χ1) is 13.5. The van der Waals surface area contributed by atoms with E-state index in [4.69, 9.17) is 4.74 Å². The molecule has 1 saturated heterocycles. The van der Waals surface area contributed by atoms with Gasteiger partial charge in [-0.05, 0) is 38.0 Å². The van der Waals surface area contributed by atoms with Crippen molar-refractivity contribution in [2.24, 2.45) is 0 Å². The highest BCUT2D eigenvalue weighted by Gasteiger charge is 2.33. The van der Waals surface area contributed by atoms with E-state index >= 15 is 0 Å². The third-order valence-corrected chi connectivity index (χ3v) is 5.09. The lowest BCUT2D eigenvalue weighted by Crippen LogP contribution is -2.58. The first-order valence-corrected chi connectivity index (χ1v) is 9.52. The molecule has 1 aliphatic heterocycles. The molecule has 1 aromatic heterocycles. The Bertz CT molecular complexity index is 944. The van der Waals surface area contributed by atoms with Crippen molar-refractivity contribution < 1.29 is 14.3 Å². The fourth-order valence-electron chi connectivity index (χ4n) is 3.42. The number of likely N-dealkylation sites (tertiary alicyclic amines) is 1. The molecule has 2 aliphatic rings. The Kier molecular flexibility index (Phi) is 4.90. The number of aryl methyl sites for hydroxylation is 1. The van der Waals surface area contributed by atoms with Crippen molar-refractivity contribution >= 4 is 11.8 Å². The number of pyridine rings is 1. The van der Waals surface area contributed by atoms with E-state index in [1.807, 2.05) is 23.6 Å². The van der Waals surface area contributed by atoms with Crippen LogP contribution in [0.25, 0.3) is 0 Å². The molecule has 2 fully saturated rings. The molecular formula is C21H23N3O4. The van der Waals surface area contributed by atoms with Gasteiger partial charge >= 0.3 is 0 Å². The minimum Gasteiger partial charge on any atom is -0.486 e. The van der Waals surface area contributed by atoms with Crippen LogP contribution in [-0.4, -0.2) is 47.0 Å². The molecule has 1 aliphatic carbocycles. The number of rotatable bonds is 6. The molecule has 1 aromatic carbocycles. The standard InChI is InChI=1S/C21H23N3O4/c1-14-9-17(10-19(25)24(14)16-7-8-16)28-18-12-23(13-18)20(26)11-22-21(27)15-5-3-2-4-6-15/h2-6,9-10,16,18H,7-8,11-13H2,1H3,(H,22,27). The number of ether oxygens (including phenoxy) is 1. The Balaban J connectivity index is 1.25. The SMILES string of the molecule is Cc1cc(OC2CN(C(=O)CNC(=O)c3ccccc3)C2)cc(=O)n1C1CC1. The molecular weight excluding hydrogens is 358 g/mol. The summed E-state index contributed by atoms with van der Waals surface area (Å²) < 4.78 is 7.67. The maximum Gasteiger partial charge on any atom is 0.254 e. The lowest BCUT2D eigenvalue weighted by atomic mass is 10.1. The van der Waals surface area contributed by atoms with Gasteiger partial charge in [-0.1, -0.05) is 18.2 Å². The summed E-state index contributed by atoms with van der Waals surface area (Å²) in [6.07, 6.45) is 1.98. The van der Waals surface area contributed by atoms with Gasteiger partial charge in [-0.15, -0.1) is 0 Å². The maximum atomic E-state index is 12.2. The molecule has 7 nitrogen and oxygen atoms in total. The average molecular weight is 381 g/mol. The van der Waals surface area contributed by atoms with Gasteiger partial charge in [0.1, 0.15) is 11.9 Å². The van der Waals surface area contributed by atoms with Gasteiger partial charge in [0.15, 0.2) is 0 Å². The number of carbonyl (C=O) groups excluding carboxylic acids is 2. The predicted octanol–water partition coefficient (Wildman–Crippen LogP) is 1.51. The second-order valence-corrected chi connectivity index (χ2v) is 7.36. The van der Waals surface area contributed by atoms with Crippen LogP contribution in [-0.2, 0) is 4.79 Å². The number of hydrogen-bond acceptors (Lipinski definition) is 4. The summed E-state index contributed by atoms with van der Waals surface area (Å²) >= 11 is 0. The number of nitrogens with zero attached hydrogens (tertiary/aromatic N) is 2. The van der Waals surface area contributed by atoms with Gasteiger partial charge in [0.05, 0.1) is 19.6 Å². The van der Waals surface area contributed by atoms with Gasteiger partial charge in [-0.3, -0.25) is 14.4 Å². The summed E-state index contributed by atoms with van der Waals surface area (Å²) in [5.74, 6) is 0.132. The summed E-state index contributed by atoms with van der Waals surface area (Å²) in [6, 6.07) is 12.5. The fraction of sp³-hybridized carbons (Fsp3) is 0.381. The zero-order valence-corrected chi connectivity index (χ0v) is 15.8. The quantitative estimate of drug-likeness (QED) is 0.823. The van der Waals surface area contributed by atoms with Crippen molar-refractivity contribution in [1.29, 1.82) is 0 Å². The van der Waals surface area contributed by atoms with E-state index in [1.165, 1.54) is 6.07 Å². The molecule has 0 bridgehead atoms. The molecule has 146 valence electrons. The van der Waals surface area contributed by atoms with Crippen LogP contribution in [0.15, 0.2) is 47.3 Å². The Hall–Kier alpha value is -3.09. The Morgan fingerprint density at radius 2 is 1.86 bits per heavy atom. The number of hydrogen-bond donors (Lipinski definition) is 1. The Morgan fingerprint density at radius 1 is 1.14 bits per heavy atom. The molecule has 0 radical (unpaired) electrons. The van der Waals surface area contributed by atoms with Crippen molar-refractivity contribution in [1.82, 2.24) is 14.8 Å². The van der Waals surface area contributed by atoms with E-state index in [9.17, 15) is 14.4 Å². The van der Waals surface area contributed by atoms with Crippen molar-refractivity contribution in [2.45, 2.75) is 31.9 Å². The molecule has 2 aromatic rings. The van der Waals surface area contributed by atoms with E-state index in [1.54, 1.807) is 29.2 Å². The molecule has 0 spiro atoms. The predicted molar refractivity (Wildman–Crippen MR) is 103 cm³/mol. The van der Waals surface area contributed by atoms with Crippen LogP contribution in [0.5, 0.6) is 5.75 Å². The number of nitrogens with one attached hydrogen (secondary N) is 1. The van der Waals surface area contributed by atoms with Gasteiger partial charge in [-0.2, -0.15) is 0 Å². The van der Waals surface area contributed by atoms with Gasteiger partial charge in [-0.25, -0.2) is 0 Å².